The standard InChI is InChI=1S/C16H12BrNS/c1-11-15(12-7-9-14(17)10-8-12)19-16(18-11)13-5-3-2-4-6-13/h2-10H,1H3. The van der Waals surface area contributed by atoms with Gasteiger partial charge in [-0.25, -0.2) is 4.98 Å². The first-order chi connectivity index (χ1) is 9.24. The summed E-state index contributed by atoms with van der Waals surface area (Å²) in [6, 6.07) is 18.7. The van der Waals surface area contributed by atoms with Crippen molar-refractivity contribution in [3.63, 3.8) is 0 Å². The molecule has 0 amide bonds. The third-order valence-corrected chi connectivity index (χ3v) is 4.71. The molecule has 0 aliphatic rings. The smallest absolute Gasteiger partial charge is 0.124 e. The Morgan fingerprint density at radius 3 is 2.26 bits per heavy atom. The maximum absolute atomic E-state index is 4.69. The van der Waals surface area contributed by atoms with E-state index in [1.54, 1.807) is 11.3 Å². The Bertz CT molecular complexity index is 687. The van der Waals surface area contributed by atoms with Gasteiger partial charge in [-0.05, 0) is 24.6 Å². The van der Waals surface area contributed by atoms with E-state index in [1.807, 2.05) is 18.2 Å². The van der Waals surface area contributed by atoms with Gasteiger partial charge < -0.3 is 0 Å². The van der Waals surface area contributed by atoms with Gasteiger partial charge in [0.15, 0.2) is 0 Å². The summed E-state index contributed by atoms with van der Waals surface area (Å²) in [4.78, 5) is 5.93. The Morgan fingerprint density at radius 2 is 1.58 bits per heavy atom. The van der Waals surface area contributed by atoms with E-state index in [0.29, 0.717) is 0 Å². The molecular formula is C16H12BrNS. The van der Waals surface area contributed by atoms with Crippen LogP contribution < -0.4 is 0 Å². The number of hydrogen-bond acceptors (Lipinski definition) is 2. The number of thiazole rings is 1. The second-order valence-corrected chi connectivity index (χ2v) is 6.22. The van der Waals surface area contributed by atoms with E-state index < -0.39 is 0 Å². The lowest BCUT2D eigenvalue weighted by Crippen LogP contribution is -1.78. The number of rotatable bonds is 2. The summed E-state index contributed by atoms with van der Waals surface area (Å²) in [6.07, 6.45) is 0. The van der Waals surface area contributed by atoms with Crippen molar-refractivity contribution in [2.24, 2.45) is 0 Å². The Kier molecular flexibility index (Phi) is 3.49. The molecule has 0 saturated heterocycles. The molecule has 0 fully saturated rings. The summed E-state index contributed by atoms with van der Waals surface area (Å²) in [5, 5.41) is 1.08. The zero-order valence-electron chi connectivity index (χ0n) is 10.4. The SMILES string of the molecule is Cc1nc(-c2ccccc2)sc1-c1ccc(Br)cc1. The highest BCUT2D eigenvalue weighted by Crippen LogP contribution is 2.35. The van der Waals surface area contributed by atoms with Gasteiger partial charge in [0.05, 0.1) is 10.6 Å². The zero-order chi connectivity index (χ0) is 13.2. The fourth-order valence-corrected chi connectivity index (χ4v) is 3.31. The average Bonchev–Trinajstić information content (AvgIpc) is 2.83. The lowest BCUT2D eigenvalue weighted by molar-refractivity contribution is 1.27. The highest BCUT2D eigenvalue weighted by Gasteiger charge is 2.10. The van der Waals surface area contributed by atoms with Crippen molar-refractivity contribution in [1.82, 2.24) is 4.98 Å². The molecule has 94 valence electrons. The largest absolute Gasteiger partial charge is 0.241 e. The van der Waals surface area contributed by atoms with Crippen molar-refractivity contribution in [2.45, 2.75) is 6.92 Å². The summed E-state index contributed by atoms with van der Waals surface area (Å²) in [6.45, 7) is 2.07. The topological polar surface area (TPSA) is 12.9 Å². The van der Waals surface area contributed by atoms with Crippen LogP contribution in [0.3, 0.4) is 0 Å². The van der Waals surface area contributed by atoms with Crippen LogP contribution in [0.15, 0.2) is 59.1 Å². The quantitative estimate of drug-likeness (QED) is 0.600. The fraction of sp³-hybridized carbons (Fsp3) is 0.0625. The van der Waals surface area contributed by atoms with Gasteiger partial charge in [-0.1, -0.05) is 58.4 Å². The molecule has 0 saturated carbocycles. The molecule has 19 heavy (non-hydrogen) atoms. The first-order valence-corrected chi connectivity index (χ1v) is 7.64. The lowest BCUT2D eigenvalue weighted by atomic mass is 10.2. The normalized spacial score (nSPS) is 10.6. The average molecular weight is 330 g/mol. The lowest BCUT2D eigenvalue weighted by Gasteiger charge is -1.98. The van der Waals surface area contributed by atoms with E-state index in [9.17, 15) is 0 Å². The molecule has 0 unspecified atom stereocenters. The third kappa shape index (κ3) is 2.62. The molecule has 3 aromatic rings. The Labute approximate surface area is 125 Å². The van der Waals surface area contributed by atoms with E-state index >= 15 is 0 Å². The maximum atomic E-state index is 4.69. The first kappa shape index (κ1) is 12.6. The van der Waals surface area contributed by atoms with Gasteiger partial charge in [-0.3, -0.25) is 0 Å². The summed E-state index contributed by atoms with van der Waals surface area (Å²) in [5.74, 6) is 0. The molecule has 1 nitrogen and oxygen atoms in total. The minimum atomic E-state index is 1.08. The van der Waals surface area contributed by atoms with Gasteiger partial charge >= 0.3 is 0 Å². The molecule has 1 aromatic heterocycles. The zero-order valence-corrected chi connectivity index (χ0v) is 12.8. The van der Waals surface area contributed by atoms with E-state index in [2.05, 4.69) is 64.2 Å². The van der Waals surface area contributed by atoms with Crippen molar-refractivity contribution in [3.8, 4) is 21.0 Å². The third-order valence-electron chi connectivity index (χ3n) is 2.92. The highest BCUT2D eigenvalue weighted by molar-refractivity contribution is 9.10. The van der Waals surface area contributed by atoms with Gasteiger partial charge in [-0.2, -0.15) is 0 Å². The molecule has 0 aliphatic heterocycles. The Morgan fingerprint density at radius 1 is 0.895 bits per heavy atom. The van der Waals surface area contributed by atoms with Crippen molar-refractivity contribution in [2.75, 3.05) is 0 Å². The summed E-state index contributed by atoms with van der Waals surface area (Å²) < 4.78 is 1.10. The maximum Gasteiger partial charge on any atom is 0.124 e. The molecule has 1 heterocycles. The molecule has 0 spiro atoms. The highest BCUT2D eigenvalue weighted by atomic mass is 79.9. The van der Waals surface area contributed by atoms with Crippen molar-refractivity contribution in [3.05, 3.63) is 64.8 Å². The van der Waals surface area contributed by atoms with Gasteiger partial charge in [0.1, 0.15) is 5.01 Å². The number of halogens is 1. The van der Waals surface area contributed by atoms with Gasteiger partial charge in [0.2, 0.25) is 0 Å². The van der Waals surface area contributed by atoms with Crippen LogP contribution in [-0.2, 0) is 0 Å². The number of aryl methyl sites for hydroxylation is 1. The molecule has 3 heteroatoms. The molecule has 0 aliphatic carbocycles. The molecule has 3 rings (SSSR count). The number of benzene rings is 2. The van der Waals surface area contributed by atoms with Crippen LogP contribution in [0.4, 0.5) is 0 Å². The van der Waals surface area contributed by atoms with E-state index in [-0.39, 0.29) is 0 Å². The van der Waals surface area contributed by atoms with Crippen LogP contribution in [0.2, 0.25) is 0 Å². The minimum Gasteiger partial charge on any atom is -0.241 e. The molecule has 0 N–H and O–H groups in total. The van der Waals surface area contributed by atoms with Crippen molar-refractivity contribution in [1.29, 1.82) is 0 Å². The number of hydrogen-bond donors (Lipinski definition) is 0. The van der Waals surface area contributed by atoms with Crippen LogP contribution >= 0.6 is 27.3 Å². The number of nitrogens with zero attached hydrogens (tertiary/aromatic N) is 1. The summed E-state index contributed by atoms with van der Waals surface area (Å²) in [7, 11) is 0. The van der Waals surface area contributed by atoms with Gasteiger partial charge in [-0.15, -0.1) is 11.3 Å². The van der Waals surface area contributed by atoms with Crippen LogP contribution in [0.1, 0.15) is 5.69 Å². The second-order valence-electron chi connectivity index (χ2n) is 4.31. The van der Waals surface area contributed by atoms with Crippen LogP contribution in [0.25, 0.3) is 21.0 Å². The summed E-state index contributed by atoms with van der Waals surface area (Å²) in [5.41, 5.74) is 3.49. The predicted octanol–water partition coefficient (Wildman–Crippen LogP) is 5.55. The monoisotopic (exact) mass is 329 g/mol. The van der Waals surface area contributed by atoms with E-state index in [4.69, 9.17) is 0 Å². The van der Waals surface area contributed by atoms with Crippen molar-refractivity contribution < 1.29 is 0 Å². The predicted molar refractivity (Wildman–Crippen MR) is 85.4 cm³/mol. The molecule has 0 atom stereocenters. The Balaban J connectivity index is 2.05. The molecule has 2 aromatic carbocycles. The molecule has 0 bridgehead atoms. The van der Waals surface area contributed by atoms with E-state index in [0.717, 1.165) is 15.2 Å². The van der Waals surface area contributed by atoms with Crippen LogP contribution in [0.5, 0.6) is 0 Å². The fourth-order valence-electron chi connectivity index (χ4n) is 1.97. The van der Waals surface area contributed by atoms with Gasteiger partial charge in [0.25, 0.3) is 0 Å². The van der Waals surface area contributed by atoms with Gasteiger partial charge in [0, 0.05) is 10.0 Å². The van der Waals surface area contributed by atoms with Crippen LogP contribution in [0, 0.1) is 6.92 Å². The first-order valence-electron chi connectivity index (χ1n) is 6.03. The summed E-state index contributed by atoms with van der Waals surface area (Å²) >= 11 is 5.21. The number of aromatic nitrogens is 1. The minimum absolute atomic E-state index is 1.08. The van der Waals surface area contributed by atoms with E-state index in [1.165, 1.54) is 16.0 Å². The second kappa shape index (κ2) is 5.27. The molecule has 0 radical (unpaired) electrons. The Hall–Kier alpha value is -1.45. The molecular weight excluding hydrogens is 318 g/mol. The van der Waals surface area contributed by atoms with Crippen LogP contribution in [-0.4, -0.2) is 4.98 Å². The van der Waals surface area contributed by atoms with Crippen molar-refractivity contribution >= 4 is 27.3 Å².